The first-order valence-electron chi connectivity index (χ1n) is 6.30. The number of rotatable bonds is 6. The average Bonchev–Trinajstić information content (AvgIpc) is 2.40. The summed E-state index contributed by atoms with van der Waals surface area (Å²) in [6.07, 6.45) is 3.49. The molecule has 2 rings (SSSR count). The third-order valence-electron chi connectivity index (χ3n) is 3.83. The van der Waals surface area contributed by atoms with Crippen LogP contribution in [0.15, 0.2) is 35.3 Å². The molecule has 0 radical (unpaired) electrons. The minimum Gasteiger partial charge on any atom is -0.492 e. The van der Waals surface area contributed by atoms with E-state index in [1.165, 1.54) is 0 Å². The third-order valence-corrected chi connectivity index (χ3v) is 5.17. The molecular formula is C15H18BrIO3. The van der Waals surface area contributed by atoms with Crippen molar-refractivity contribution >= 4 is 38.5 Å². The smallest absolute Gasteiger partial charge is 0.169 e. The van der Waals surface area contributed by atoms with E-state index >= 15 is 0 Å². The molecule has 0 spiro atoms. The molecule has 0 aliphatic heterocycles. The van der Waals surface area contributed by atoms with E-state index in [0.29, 0.717) is 6.61 Å². The van der Waals surface area contributed by atoms with Crippen LogP contribution < -0.4 is 4.74 Å². The largest absolute Gasteiger partial charge is 0.492 e. The molecule has 0 heterocycles. The molecule has 0 N–H and O–H groups in total. The van der Waals surface area contributed by atoms with Gasteiger partial charge in [-0.3, -0.25) is 0 Å². The zero-order valence-corrected chi connectivity index (χ0v) is 15.4. The average molecular weight is 453 g/mol. The highest BCUT2D eigenvalue weighted by molar-refractivity contribution is 14.1. The van der Waals surface area contributed by atoms with Crippen molar-refractivity contribution in [2.45, 2.75) is 18.6 Å². The van der Waals surface area contributed by atoms with E-state index in [-0.39, 0.29) is 5.41 Å². The molecule has 20 heavy (non-hydrogen) atoms. The van der Waals surface area contributed by atoms with Crippen molar-refractivity contribution in [3.05, 3.63) is 38.9 Å². The van der Waals surface area contributed by atoms with Crippen LogP contribution in [0.4, 0.5) is 0 Å². The summed E-state index contributed by atoms with van der Waals surface area (Å²) in [5, 5.41) is 0. The van der Waals surface area contributed by atoms with Crippen molar-refractivity contribution in [3.8, 4) is 5.75 Å². The number of halogens is 2. The molecule has 1 aromatic rings. The number of benzene rings is 1. The van der Waals surface area contributed by atoms with Crippen molar-refractivity contribution in [1.82, 2.24) is 0 Å². The van der Waals surface area contributed by atoms with Gasteiger partial charge in [0.25, 0.3) is 0 Å². The molecule has 1 saturated carbocycles. The van der Waals surface area contributed by atoms with E-state index in [1.54, 1.807) is 14.2 Å². The predicted molar refractivity (Wildman–Crippen MR) is 91.0 cm³/mol. The Kier molecular flexibility index (Phi) is 5.15. The molecule has 0 unspecified atom stereocenters. The quantitative estimate of drug-likeness (QED) is 0.364. The molecule has 5 heteroatoms. The fourth-order valence-corrected chi connectivity index (χ4v) is 3.97. The summed E-state index contributed by atoms with van der Waals surface area (Å²) >= 11 is 5.72. The van der Waals surface area contributed by atoms with Crippen molar-refractivity contribution in [2.75, 3.05) is 20.8 Å². The molecule has 0 aromatic heterocycles. The maximum atomic E-state index is 5.96. The molecule has 0 amide bonds. The highest BCUT2D eigenvalue weighted by atomic mass is 127. The van der Waals surface area contributed by atoms with Crippen LogP contribution >= 0.6 is 38.5 Å². The summed E-state index contributed by atoms with van der Waals surface area (Å²) in [6, 6.07) is 5.99. The molecular weight excluding hydrogens is 435 g/mol. The SMILES string of the molecule is C=CC1(COc2ccc(Br)cc2I)CC(OC)(OC)C1. The van der Waals surface area contributed by atoms with Crippen LogP contribution in [-0.4, -0.2) is 26.6 Å². The zero-order chi connectivity index (χ0) is 14.8. The Bertz CT molecular complexity index is 492. The minimum atomic E-state index is -0.482. The van der Waals surface area contributed by atoms with Crippen molar-refractivity contribution in [3.63, 3.8) is 0 Å². The van der Waals surface area contributed by atoms with E-state index in [0.717, 1.165) is 26.6 Å². The molecule has 1 fully saturated rings. The van der Waals surface area contributed by atoms with E-state index < -0.39 is 5.79 Å². The molecule has 1 aliphatic carbocycles. The van der Waals surface area contributed by atoms with Gasteiger partial charge in [0.05, 0.1) is 10.2 Å². The molecule has 1 aromatic carbocycles. The highest BCUT2D eigenvalue weighted by Gasteiger charge is 2.54. The normalized spacial score (nSPS) is 19.2. The fraction of sp³-hybridized carbons (Fsp3) is 0.467. The Morgan fingerprint density at radius 2 is 2.00 bits per heavy atom. The summed E-state index contributed by atoms with van der Waals surface area (Å²) in [4.78, 5) is 0. The lowest BCUT2D eigenvalue weighted by Gasteiger charge is -2.52. The summed E-state index contributed by atoms with van der Waals surface area (Å²) in [7, 11) is 3.35. The van der Waals surface area contributed by atoms with Gasteiger partial charge in [-0.05, 0) is 40.8 Å². The molecule has 0 atom stereocenters. The van der Waals surface area contributed by atoms with Crippen LogP contribution in [0.1, 0.15) is 12.8 Å². The van der Waals surface area contributed by atoms with Gasteiger partial charge in [0, 0.05) is 36.9 Å². The Morgan fingerprint density at radius 1 is 1.35 bits per heavy atom. The van der Waals surface area contributed by atoms with Gasteiger partial charge in [-0.2, -0.15) is 0 Å². The Labute approximate surface area is 141 Å². The Morgan fingerprint density at radius 3 is 2.50 bits per heavy atom. The van der Waals surface area contributed by atoms with Crippen LogP contribution in [0.3, 0.4) is 0 Å². The summed E-state index contributed by atoms with van der Waals surface area (Å²) < 4.78 is 19.0. The van der Waals surface area contributed by atoms with Gasteiger partial charge in [0.2, 0.25) is 0 Å². The van der Waals surface area contributed by atoms with Crippen LogP contribution in [-0.2, 0) is 9.47 Å². The van der Waals surface area contributed by atoms with Crippen LogP contribution in [0.5, 0.6) is 5.75 Å². The molecule has 1 aliphatic rings. The van der Waals surface area contributed by atoms with Gasteiger partial charge in [0.1, 0.15) is 5.75 Å². The number of hydrogen-bond acceptors (Lipinski definition) is 3. The maximum Gasteiger partial charge on any atom is 0.169 e. The lowest BCUT2D eigenvalue weighted by atomic mass is 9.65. The second-order valence-corrected chi connectivity index (χ2v) is 7.18. The van der Waals surface area contributed by atoms with Gasteiger partial charge >= 0.3 is 0 Å². The van der Waals surface area contributed by atoms with Gasteiger partial charge in [0.15, 0.2) is 5.79 Å². The summed E-state index contributed by atoms with van der Waals surface area (Å²) in [6.45, 7) is 4.52. The third kappa shape index (κ3) is 3.21. The van der Waals surface area contributed by atoms with Gasteiger partial charge < -0.3 is 14.2 Å². The number of methoxy groups -OCH3 is 2. The first kappa shape index (κ1) is 16.3. The molecule has 0 saturated heterocycles. The van der Waals surface area contributed by atoms with Gasteiger partial charge in [-0.15, -0.1) is 6.58 Å². The second-order valence-electron chi connectivity index (χ2n) is 5.10. The van der Waals surface area contributed by atoms with E-state index in [1.807, 2.05) is 24.3 Å². The Hall–Kier alpha value is -0.110. The maximum absolute atomic E-state index is 5.96. The van der Waals surface area contributed by atoms with Crippen molar-refractivity contribution in [1.29, 1.82) is 0 Å². The standard InChI is InChI=1S/C15H18BrIO3/c1-4-14(8-15(9-14,18-2)19-3)10-20-13-6-5-11(16)7-12(13)17/h4-7H,1,8-10H2,2-3H3. The van der Waals surface area contributed by atoms with E-state index in [9.17, 15) is 0 Å². The predicted octanol–water partition coefficient (Wildman–Crippen LogP) is 4.39. The summed E-state index contributed by atoms with van der Waals surface area (Å²) in [5.41, 5.74) is -0.0812. The van der Waals surface area contributed by atoms with Crippen molar-refractivity contribution in [2.24, 2.45) is 5.41 Å². The van der Waals surface area contributed by atoms with Crippen molar-refractivity contribution < 1.29 is 14.2 Å². The van der Waals surface area contributed by atoms with E-state index in [4.69, 9.17) is 14.2 Å². The van der Waals surface area contributed by atoms with E-state index in [2.05, 4.69) is 45.1 Å². The lowest BCUT2D eigenvalue weighted by molar-refractivity contribution is -0.290. The zero-order valence-electron chi connectivity index (χ0n) is 11.6. The molecule has 3 nitrogen and oxygen atoms in total. The Balaban J connectivity index is 2.01. The fourth-order valence-electron chi connectivity index (χ4n) is 2.51. The number of hydrogen-bond donors (Lipinski definition) is 0. The molecule has 0 bridgehead atoms. The first-order valence-corrected chi connectivity index (χ1v) is 8.17. The van der Waals surface area contributed by atoms with Crippen LogP contribution in [0.25, 0.3) is 0 Å². The minimum absolute atomic E-state index is 0.0812. The highest BCUT2D eigenvalue weighted by Crippen LogP contribution is 2.51. The van der Waals surface area contributed by atoms with Gasteiger partial charge in [-0.1, -0.05) is 22.0 Å². The van der Waals surface area contributed by atoms with Crippen LogP contribution in [0.2, 0.25) is 0 Å². The second kappa shape index (κ2) is 6.34. The topological polar surface area (TPSA) is 27.7 Å². The first-order chi connectivity index (χ1) is 9.48. The monoisotopic (exact) mass is 452 g/mol. The molecule has 110 valence electrons. The van der Waals surface area contributed by atoms with Crippen LogP contribution in [0, 0.1) is 8.99 Å². The van der Waals surface area contributed by atoms with Gasteiger partial charge in [-0.25, -0.2) is 0 Å². The lowest BCUT2D eigenvalue weighted by Crippen LogP contribution is -2.55. The number of ether oxygens (including phenoxy) is 3. The summed E-state index contributed by atoms with van der Waals surface area (Å²) in [5.74, 6) is 0.409.